The number of carboxylic acids is 1. The molecular formula is C27H27N3O5. The van der Waals surface area contributed by atoms with E-state index in [0.717, 1.165) is 6.42 Å². The second kappa shape index (κ2) is 11.3. The molecule has 1 aromatic heterocycles. The third-order valence-electron chi connectivity index (χ3n) is 5.96. The number of alkyl carbamates (subject to hydrolysis) is 1. The fourth-order valence-corrected chi connectivity index (χ4v) is 4.28. The molecule has 0 unspecified atom stereocenters. The van der Waals surface area contributed by atoms with Crippen molar-refractivity contribution in [2.75, 3.05) is 18.5 Å². The second-order valence-corrected chi connectivity index (χ2v) is 8.38. The SMILES string of the molecule is O=C(CCCCCNC(=O)OCC1c2ccccc2-c2ccccc21)Nc1cncc(C(=O)O)c1. The maximum absolute atomic E-state index is 12.2. The number of nitrogens with zero attached hydrogens (tertiary/aromatic N) is 1. The molecule has 2 amide bonds. The predicted octanol–water partition coefficient (Wildman–Crippen LogP) is 4.82. The van der Waals surface area contributed by atoms with Gasteiger partial charge in [0.25, 0.3) is 0 Å². The monoisotopic (exact) mass is 473 g/mol. The average Bonchev–Trinajstić information content (AvgIpc) is 3.18. The van der Waals surface area contributed by atoms with Crippen LogP contribution in [0.3, 0.4) is 0 Å². The molecule has 3 N–H and O–H groups in total. The van der Waals surface area contributed by atoms with Crippen LogP contribution in [0.1, 0.15) is 53.1 Å². The Morgan fingerprint density at radius 1 is 0.914 bits per heavy atom. The number of aromatic carboxylic acids is 1. The van der Waals surface area contributed by atoms with E-state index in [1.165, 1.54) is 40.7 Å². The third kappa shape index (κ3) is 6.03. The van der Waals surface area contributed by atoms with E-state index < -0.39 is 12.1 Å². The number of ether oxygens (including phenoxy) is 1. The van der Waals surface area contributed by atoms with E-state index in [9.17, 15) is 14.4 Å². The van der Waals surface area contributed by atoms with E-state index in [-0.39, 0.29) is 24.0 Å². The fourth-order valence-electron chi connectivity index (χ4n) is 4.28. The van der Waals surface area contributed by atoms with Crippen LogP contribution in [0.2, 0.25) is 0 Å². The molecule has 0 fully saturated rings. The number of carboxylic acid groups (broad SMARTS) is 1. The summed E-state index contributed by atoms with van der Waals surface area (Å²) in [6.45, 7) is 0.737. The van der Waals surface area contributed by atoms with Crippen LogP contribution in [0, 0.1) is 0 Å². The molecule has 35 heavy (non-hydrogen) atoms. The number of nitrogens with one attached hydrogen (secondary N) is 2. The fraction of sp³-hybridized carbons (Fsp3) is 0.259. The molecule has 8 heteroatoms. The smallest absolute Gasteiger partial charge is 0.407 e. The molecule has 0 atom stereocenters. The minimum absolute atomic E-state index is 0.0158. The molecule has 4 rings (SSSR count). The highest BCUT2D eigenvalue weighted by molar-refractivity contribution is 5.93. The normalized spacial score (nSPS) is 11.9. The summed E-state index contributed by atoms with van der Waals surface area (Å²) < 4.78 is 5.52. The molecule has 180 valence electrons. The van der Waals surface area contributed by atoms with Crippen molar-refractivity contribution in [2.24, 2.45) is 0 Å². The van der Waals surface area contributed by atoms with Gasteiger partial charge in [-0.15, -0.1) is 0 Å². The van der Waals surface area contributed by atoms with Crippen molar-refractivity contribution in [3.63, 3.8) is 0 Å². The Hall–Kier alpha value is -4.20. The number of carbonyl (C=O) groups is 3. The Kier molecular flexibility index (Phi) is 7.72. The lowest BCUT2D eigenvalue weighted by molar-refractivity contribution is -0.116. The van der Waals surface area contributed by atoms with Gasteiger partial charge >= 0.3 is 12.1 Å². The lowest BCUT2D eigenvalue weighted by Crippen LogP contribution is -2.27. The van der Waals surface area contributed by atoms with Gasteiger partial charge in [-0.1, -0.05) is 55.0 Å². The average molecular weight is 474 g/mol. The first kappa shape index (κ1) is 23.9. The molecule has 1 heterocycles. The number of carbonyl (C=O) groups excluding carboxylic acids is 2. The van der Waals surface area contributed by atoms with Crippen molar-refractivity contribution >= 4 is 23.7 Å². The molecule has 1 aliphatic rings. The van der Waals surface area contributed by atoms with Crippen molar-refractivity contribution in [3.8, 4) is 11.1 Å². The highest BCUT2D eigenvalue weighted by Crippen LogP contribution is 2.44. The molecule has 0 saturated heterocycles. The summed E-state index contributed by atoms with van der Waals surface area (Å²) in [4.78, 5) is 39.0. The van der Waals surface area contributed by atoms with Gasteiger partial charge in [-0.25, -0.2) is 9.59 Å². The van der Waals surface area contributed by atoms with Crippen molar-refractivity contribution in [3.05, 3.63) is 83.7 Å². The van der Waals surface area contributed by atoms with Crippen LogP contribution in [0.25, 0.3) is 11.1 Å². The molecule has 2 aromatic carbocycles. The lowest BCUT2D eigenvalue weighted by Gasteiger charge is -2.14. The van der Waals surface area contributed by atoms with Gasteiger partial charge in [0.05, 0.1) is 17.4 Å². The summed E-state index contributed by atoms with van der Waals surface area (Å²) in [5.74, 6) is -1.28. The van der Waals surface area contributed by atoms with Gasteiger partial charge < -0.3 is 20.5 Å². The van der Waals surface area contributed by atoms with E-state index in [2.05, 4.69) is 39.9 Å². The molecule has 0 radical (unpaired) electrons. The predicted molar refractivity (Wildman–Crippen MR) is 131 cm³/mol. The Labute approximate surface area is 203 Å². The number of hydrogen-bond donors (Lipinski definition) is 3. The van der Waals surface area contributed by atoms with Crippen molar-refractivity contribution in [1.82, 2.24) is 10.3 Å². The Balaban J connectivity index is 1.13. The van der Waals surface area contributed by atoms with Crippen molar-refractivity contribution < 1.29 is 24.2 Å². The summed E-state index contributed by atoms with van der Waals surface area (Å²) in [6.07, 6.45) is 4.59. The van der Waals surface area contributed by atoms with Crippen molar-refractivity contribution in [1.29, 1.82) is 0 Å². The van der Waals surface area contributed by atoms with Crippen LogP contribution in [0.5, 0.6) is 0 Å². The first-order chi connectivity index (χ1) is 17.0. The number of amides is 2. The highest BCUT2D eigenvalue weighted by Gasteiger charge is 2.28. The molecule has 8 nitrogen and oxygen atoms in total. The molecular weight excluding hydrogens is 446 g/mol. The first-order valence-electron chi connectivity index (χ1n) is 11.6. The van der Waals surface area contributed by atoms with Gasteiger partial charge in [0.15, 0.2) is 0 Å². The van der Waals surface area contributed by atoms with Crippen molar-refractivity contribution in [2.45, 2.75) is 31.6 Å². The zero-order chi connectivity index (χ0) is 24.6. The Morgan fingerprint density at radius 2 is 1.60 bits per heavy atom. The van der Waals surface area contributed by atoms with Gasteiger partial charge in [-0.2, -0.15) is 0 Å². The van der Waals surface area contributed by atoms with Gasteiger partial charge in [0.2, 0.25) is 5.91 Å². The zero-order valence-electron chi connectivity index (χ0n) is 19.2. The van der Waals surface area contributed by atoms with Gasteiger partial charge in [0.1, 0.15) is 6.61 Å². The Bertz CT molecular complexity index is 1180. The van der Waals surface area contributed by atoms with Crippen LogP contribution >= 0.6 is 0 Å². The van der Waals surface area contributed by atoms with Gasteiger partial charge in [0, 0.05) is 25.1 Å². The molecule has 0 aliphatic heterocycles. The van der Waals surface area contributed by atoms with Gasteiger partial charge in [-0.3, -0.25) is 9.78 Å². The minimum atomic E-state index is -1.10. The summed E-state index contributed by atoms with van der Waals surface area (Å²) in [7, 11) is 0. The van der Waals surface area contributed by atoms with Gasteiger partial charge in [-0.05, 0) is 41.2 Å². The highest BCUT2D eigenvalue weighted by atomic mass is 16.5. The lowest BCUT2D eigenvalue weighted by atomic mass is 9.98. The quantitative estimate of drug-likeness (QED) is 0.364. The molecule has 3 aromatic rings. The largest absolute Gasteiger partial charge is 0.478 e. The van der Waals surface area contributed by atoms with E-state index in [0.29, 0.717) is 31.5 Å². The van der Waals surface area contributed by atoms with E-state index in [1.54, 1.807) is 0 Å². The summed E-state index contributed by atoms with van der Waals surface area (Å²) in [5.41, 5.74) is 5.09. The molecule has 0 saturated carbocycles. The number of pyridine rings is 1. The van der Waals surface area contributed by atoms with Crippen LogP contribution in [-0.4, -0.2) is 41.2 Å². The number of aromatic nitrogens is 1. The number of rotatable bonds is 10. The number of hydrogen-bond acceptors (Lipinski definition) is 5. The topological polar surface area (TPSA) is 118 Å². The van der Waals surface area contributed by atoms with E-state index in [4.69, 9.17) is 9.84 Å². The molecule has 0 bridgehead atoms. The second-order valence-electron chi connectivity index (χ2n) is 8.38. The van der Waals surface area contributed by atoms with Crippen LogP contribution in [0.4, 0.5) is 10.5 Å². The standard InChI is InChI=1S/C27H27N3O5/c31-25(30-19-14-18(26(32)33)15-28-16-19)12-2-1-7-13-29-27(34)35-17-24-22-10-5-3-8-20(22)21-9-4-6-11-23(21)24/h3-6,8-11,14-16,24H,1-2,7,12-13,17H2,(H,29,34)(H,30,31)(H,32,33). The van der Waals surface area contributed by atoms with Crippen LogP contribution < -0.4 is 10.6 Å². The molecule has 1 aliphatic carbocycles. The first-order valence-corrected chi connectivity index (χ1v) is 11.6. The third-order valence-corrected chi connectivity index (χ3v) is 5.96. The van der Waals surface area contributed by atoms with E-state index >= 15 is 0 Å². The van der Waals surface area contributed by atoms with Crippen LogP contribution in [0.15, 0.2) is 67.0 Å². The summed E-state index contributed by atoms with van der Waals surface area (Å²) in [6, 6.07) is 17.8. The van der Waals surface area contributed by atoms with Crippen LogP contribution in [-0.2, 0) is 9.53 Å². The zero-order valence-corrected chi connectivity index (χ0v) is 19.2. The number of anilines is 1. The minimum Gasteiger partial charge on any atom is -0.478 e. The summed E-state index contributed by atoms with van der Waals surface area (Å²) in [5, 5.41) is 14.4. The number of unbranched alkanes of at least 4 members (excludes halogenated alkanes) is 2. The molecule has 0 spiro atoms. The van der Waals surface area contributed by atoms with E-state index in [1.807, 2.05) is 24.3 Å². The Morgan fingerprint density at radius 3 is 2.29 bits per heavy atom. The maximum atomic E-state index is 12.2. The maximum Gasteiger partial charge on any atom is 0.407 e. The summed E-state index contributed by atoms with van der Waals surface area (Å²) >= 11 is 0. The number of benzene rings is 2. The number of fused-ring (bicyclic) bond motifs is 3.